The molecule has 0 spiro atoms. The molecule has 25 heavy (non-hydrogen) atoms. The Morgan fingerprint density at radius 2 is 1.52 bits per heavy atom. The van der Waals surface area contributed by atoms with Gasteiger partial charge in [0.25, 0.3) is 0 Å². The quantitative estimate of drug-likeness (QED) is 0.823. The van der Waals surface area contributed by atoms with Crippen LogP contribution < -0.4 is 9.64 Å². The van der Waals surface area contributed by atoms with E-state index in [0.29, 0.717) is 36.8 Å². The fraction of sp³-hybridized carbons (Fsp3) is 0.368. The number of benzene rings is 2. The summed E-state index contributed by atoms with van der Waals surface area (Å²) in [5.74, 6) is 0.652. The summed E-state index contributed by atoms with van der Waals surface area (Å²) in [6.45, 7) is 4.51. The predicted octanol–water partition coefficient (Wildman–Crippen LogP) is 2.77. The van der Waals surface area contributed by atoms with Crippen molar-refractivity contribution in [2.45, 2.75) is 18.2 Å². The maximum atomic E-state index is 12.8. The lowest BCUT2D eigenvalue weighted by atomic mass is 10.1. The second-order valence-corrected chi connectivity index (χ2v) is 8.02. The molecule has 5 nitrogen and oxygen atoms in total. The standard InChI is InChI=1S/C19H24N2O3S/c1-3-16-4-6-17(7-5-16)20-12-14-21(15-13-20)25(22,23)19-10-8-18(24-2)9-11-19/h4-11H,3,12-15H2,1-2H3. The van der Waals surface area contributed by atoms with Crippen LogP contribution in [-0.2, 0) is 16.4 Å². The number of methoxy groups -OCH3 is 1. The molecule has 1 fully saturated rings. The Morgan fingerprint density at radius 1 is 0.920 bits per heavy atom. The number of hydrogen-bond donors (Lipinski definition) is 0. The van der Waals surface area contributed by atoms with Gasteiger partial charge in [0, 0.05) is 31.9 Å². The SMILES string of the molecule is CCc1ccc(N2CCN(S(=O)(=O)c3ccc(OC)cc3)CC2)cc1. The van der Waals surface area contributed by atoms with E-state index in [1.54, 1.807) is 35.7 Å². The summed E-state index contributed by atoms with van der Waals surface area (Å²) in [6.07, 6.45) is 1.02. The van der Waals surface area contributed by atoms with Gasteiger partial charge in [0.05, 0.1) is 12.0 Å². The van der Waals surface area contributed by atoms with Crippen molar-refractivity contribution < 1.29 is 13.2 Å². The van der Waals surface area contributed by atoms with E-state index in [1.807, 2.05) is 0 Å². The van der Waals surface area contributed by atoms with E-state index >= 15 is 0 Å². The molecule has 1 heterocycles. The third kappa shape index (κ3) is 3.80. The van der Waals surface area contributed by atoms with E-state index in [-0.39, 0.29) is 0 Å². The molecule has 0 radical (unpaired) electrons. The van der Waals surface area contributed by atoms with Gasteiger partial charge in [0.1, 0.15) is 5.75 Å². The van der Waals surface area contributed by atoms with Crippen LogP contribution in [0.1, 0.15) is 12.5 Å². The molecule has 0 aromatic heterocycles. The van der Waals surface area contributed by atoms with Gasteiger partial charge >= 0.3 is 0 Å². The molecule has 134 valence electrons. The lowest BCUT2D eigenvalue weighted by molar-refractivity contribution is 0.384. The van der Waals surface area contributed by atoms with E-state index in [2.05, 4.69) is 36.1 Å². The van der Waals surface area contributed by atoms with Crippen molar-refractivity contribution in [3.8, 4) is 5.75 Å². The molecule has 0 aliphatic carbocycles. The molecule has 1 aliphatic rings. The average Bonchev–Trinajstić information content (AvgIpc) is 2.68. The molecule has 6 heteroatoms. The molecule has 1 saturated heterocycles. The van der Waals surface area contributed by atoms with Crippen molar-refractivity contribution >= 4 is 15.7 Å². The van der Waals surface area contributed by atoms with E-state index in [9.17, 15) is 8.42 Å². The molecular weight excluding hydrogens is 336 g/mol. The Hall–Kier alpha value is -2.05. The summed E-state index contributed by atoms with van der Waals surface area (Å²) in [6, 6.07) is 15.1. The van der Waals surface area contributed by atoms with Crippen molar-refractivity contribution in [3.05, 3.63) is 54.1 Å². The van der Waals surface area contributed by atoms with Crippen molar-refractivity contribution in [1.29, 1.82) is 0 Å². The fourth-order valence-corrected chi connectivity index (χ4v) is 4.45. The summed E-state index contributed by atoms with van der Waals surface area (Å²) < 4.78 is 32.2. The number of hydrogen-bond acceptors (Lipinski definition) is 4. The number of sulfonamides is 1. The smallest absolute Gasteiger partial charge is 0.243 e. The molecule has 0 atom stereocenters. The second-order valence-electron chi connectivity index (χ2n) is 6.09. The molecule has 0 amide bonds. The lowest BCUT2D eigenvalue weighted by Crippen LogP contribution is -2.48. The average molecular weight is 360 g/mol. The van der Waals surface area contributed by atoms with Gasteiger partial charge < -0.3 is 9.64 Å². The highest BCUT2D eigenvalue weighted by Gasteiger charge is 2.28. The van der Waals surface area contributed by atoms with Crippen LogP contribution in [0.5, 0.6) is 5.75 Å². The summed E-state index contributed by atoms with van der Waals surface area (Å²) >= 11 is 0. The molecular formula is C19H24N2O3S. The van der Waals surface area contributed by atoms with Gasteiger partial charge in [-0.05, 0) is 48.4 Å². The predicted molar refractivity (Wildman–Crippen MR) is 99.8 cm³/mol. The zero-order valence-corrected chi connectivity index (χ0v) is 15.5. The van der Waals surface area contributed by atoms with Crippen LogP contribution in [-0.4, -0.2) is 46.0 Å². The van der Waals surface area contributed by atoms with Crippen LogP contribution in [0.15, 0.2) is 53.4 Å². The number of nitrogens with zero attached hydrogens (tertiary/aromatic N) is 2. The first kappa shape index (κ1) is 17.8. The van der Waals surface area contributed by atoms with Gasteiger partial charge in [-0.15, -0.1) is 0 Å². The minimum atomic E-state index is -3.45. The number of anilines is 1. The lowest BCUT2D eigenvalue weighted by Gasteiger charge is -2.35. The Bertz CT molecular complexity index is 794. The molecule has 3 rings (SSSR count). The summed E-state index contributed by atoms with van der Waals surface area (Å²) in [5, 5.41) is 0. The third-order valence-electron chi connectivity index (χ3n) is 4.65. The maximum absolute atomic E-state index is 12.8. The Kier molecular flexibility index (Phi) is 5.30. The van der Waals surface area contributed by atoms with Crippen LogP contribution in [0, 0.1) is 0 Å². The third-order valence-corrected chi connectivity index (χ3v) is 6.56. The van der Waals surface area contributed by atoms with Gasteiger partial charge in [0.15, 0.2) is 0 Å². The maximum Gasteiger partial charge on any atom is 0.243 e. The first-order valence-electron chi connectivity index (χ1n) is 8.52. The van der Waals surface area contributed by atoms with Gasteiger partial charge in [-0.3, -0.25) is 0 Å². The summed E-state index contributed by atoms with van der Waals surface area (Å²) in [4.78, 5) is 2.55. The number of rotatable bonds is 5. The first-order valence-corrected chi connectivity index (χ1v) is 9.96. The minimum absolute atomic E-state index is 0.314. The molecule has 0 saturated carbocycles. The Morgan fingerprint density at radius 3 is 2.04 bits per heavy atom. The van der Waals surface area contributed by atoms with Gasteiger partial charge in [-0.1, -0.05) is 19.1 Å². The Labute approximate surface area is 149 Å². The van der Waals surface area contributed by atoms with Crippen LogP contribution >= 0.6 is 0 Å². The summed E-state index contributed by atoms with van der Waals surface area (Å²) in [5.41, 5.74) is 2.46. The zero-order valence-electron chi connectivity index (χ0n) is 14.7. The highest BCUT2D eigenvalue weighted by molar-refractivity contribution is 7.89. The highest BCUT2D eigenvalue weighted by atomic mass is 32.2. The van der Waals surface area contributed by atoms with E-state index in [4.69, 9.17) is 4.74 Å². The molecule has 0 unspecified atom stereocenters. The molecule has 1 aliphatic heterocycles. The van der Waals surface area contributed by atoms with E-state index in [0.717, 1.165) is 12.1 Å². The van der Waals surface area contributed by atoms with Crippen LogP contribution in [0.4, 0.5) is 5.69 Å². The number of ether oxygens (including phenoxy) is 1. The number of piperazine rings is 1. The van der Waals surface area contributed by atoms with Gasteiger partial charge in [-0.2, -0.15) is 4.31 Å². The van der Waals surface area contributed by atoms with E-state index < -0.39 is 10.0 Å². The number of aryl methyl sites for hydroxylation is 1. The summed E-state index contributed by atoms with van der Waals surface area (Å²) in [7, 11) is -1.89. The molecule has 2 aromatic carbocycles. The van der Waals surface area contributed by atoms with E-state index in [1.165, 1.54) is 5.56 Å². The van der Waals surface area contributed by atoms with Gasteiger partial charge in [0.2, 0.25) is 10.0 Å². The van der Waals surface area contributed by atoms with Gasteiger partial charge in [-0.25, -0.2) is 8.42 Å². The largest absolute Gasteiger partial charge is 0.497 e. The van der Waals surface area contributed by atoms with Crippen molar-refractivity contribution in [2.75, 3.05) is 38.2 Å². The normalized spacial score (nSPS) is 16.0. The highest BCUT2D eigenvalue weighted by Crippen LogP contribution is 2.23. The van der Waals surface area contributed by atoms with Crippen molar-refractivity contribution in [3.63, 3.8) is 0 Å². The van der Waals surface area contributed by atoms with Crippen LogP contribution in [0.3, 0.4) is 0 Å². The monoisotopic (exact) mass is 360 g/mol. The minimum Gasteiger partial charge on any atom is -0.497 e. The van der Waals surface area contributed by atoms with Crippen LogP contribution in [0.25, 0.3) is 0 Å². The second kappa shape index (κ2) is 7.45. The zero-order chi connectivity index (χ0) is 17.9. The van der Waals surface area contributed by atoms with Crippen molar-refractivity contribution in [2.24, 2.45) is 0 Å². The van der Waals surface area contributed by atoms with Crippen LogP contribution in [0.2, 0.25) is 0 Å². The van der Waals surface area contributed by atoms with Crippen molar-refractivity contribution in [1.82, 2.24) is 4.31 Å². The first-order chi connectivity index (χ1) is 12.0. The Balaban J connectivity index is 1.67. The topological polar surface area (TPSA) is 49.9 Å². The molecule has 0 bridgehead atoms. The molecule has 0 N–H and O–H groups in total. The fourth-order valence-electron chi connectivity index (χ4n) is 3.03. The molecule has 2 aromatic rings.